The van der Waals surface area contributed by atoms with Gasteiger partial charge in [-0.3, -0.25) is 4.99 Å². The molecule has 0 unspecified atom stereocenters. The molecule has 0 spiro atoms. The van der Waals surface area contributed by atoms with Crippen molar-refractivity contribution in [3.8, 4) is 0 Å². The van der Waals surface area contributed by atoms with E-state index in [0.717, 1.165) is 25.2 Å². The molecule has 0 saturated carbocycles. The Hall–Kier alpha value is -2.04. The summed E-state index contributed by atoms with van der Waals surface area (Å²) >= 11 is 0. The van der Waals surface area contributed by atoms with Gasteiger partial charge in [0.05, 0.1) is 0 Å². The third-order valence-electron chi connectivity index (χ3n) is 4.96. The molecule has 0 aromatic heterocycles. The Labute approximate surface area is 178 Å². The number of ether oxygens (including phenoxy) is 1. The van der Waals surface area contributed by atoms with Gasteiger partial charge < -0.3 is 14.5 Å². The molecule has 29 heavy (non-hydrogen) atoms. The minimum Gasteiger partial charge on any atom is -0.444 e. The first-order valence-corrected chi connectivity index (χ1v) is 10.8. The van der Waals surface area contributed by atoms with E-state index in [1.807, 2.05) is 27.0 Å². The number of hydrogen-bond donors (Lipinski definition) is 0. The molecular weight excluding hydrogens is 362 g/mol. The Balaban J connectivity index is 3.09. The van der Waals surface area contributed by atoms with Crippen LogP contribution in [0.4, 0.5) is 4.79 Å². The van der Waals surface area contributed by atoms with Crippen LogP contribution in [0.1, 0.15) is 68.7 Å². The van der Waals surface area contributed by atoms with Crippen LogP contribution < -0.4 is 0 Å². The van der Waals surface area contributed by atoms with Crippen molar-refractivity contribution < 1.29 is 9.53 Å². The van der Waals surface area contributed by atoms with E-state index in [-0.39, 0.29) is 6.09 Å². The zero-order valence-corrected chi connectivity index (χ0v) is 20.0. The maximum atomic E-state index is 12.4. The Bertz CT molecular complexity index is 671. The highest BCUT2D eigenvalue weighted by atomic mass is 16.6. The van der Waals surface area contributed by atoms with Gasteiger partial charge >= 0.3 is 6.09 Å². The summed E-state index contributed by atoms with van der Waals surface area (Å²) in [5, 5.41) is 0. The molecule has 0 bridgehead atoms. The molecule has 164 valence electrons. The molecule has 5 heteroatoms. The van der Waals surface area contributed by atoms with Crippen molar-refractivity contribution in [3.63, 3.8) is 0 Å². The molecule has 1 fully saturated rings. The Morgan fingerprint density at radius 1 is 1.10 bits per heavy atom. The van der Waals surface area contributed by atoms with Gasteiger partial charge in [-0.15, -0.1) is 0 Å². The molecule has 0 N–H and O–H groups in total. The number of nitrogens with zero attached hydrogens (tertiary/aromatic N) is 3. The molecule has 1 aliphatic heterocycles. The van der Waals surface area contributed by atoms with Gasteiger partial charge in [-0.05, 0) is 59.5 Å². The molecule has 0 atom stereocenters. The molecule has 0 radical (unpaired) electrons. The van der Waals surface area contributed by atoms with Crippen LogP contribution in [0, 0.1) is 5.92 Å². The second kappa shape index (κ2) is 11.2. The number of hydrogen-bond acceptors (Lipinski definition) is 4. The van der Waals surface area contributed by atoms with Gasteiger partial charge in [-0.25, -0.2) is 4.79 Å². The number of aliphatic imine (C=N–C) groups is 1. The van der Waals surface area contributed by atoms with E-state index in [9.17, 15) is 4.79 Å². The lowest BCUT2D eigenvalue weighted by atomic mass is 9.90. The molecule has 0 aliphatic carbocycles. The van der Waals surface area contributed by atoms with Gasteiger partial charge in [-0.2, -0.15) is 0 Å². The van der Waals surface area contributed by atoms with Crippen molar-refractivity contribution >= 4 is 11.8 Å². The summed E-state index contributed by atoms with van der Waals surface area (Å²) in [5.41, 5.74) is 4.32. The Morgan fingerprint density at radius 3 is 2.10 bits per heavy atom. The Morgan fingerprint density at radius 2 is 1.66 bits per heavy atom. The first-order chi connectivity index (χ1) is 13.5. The predicted octanol–water partition coefficient (Wildman–Crippen LogP) is 5.80. The van der Waals surface area contributed by atoms with Gasteiger partial charge in [-0.1, -0.05) is 32.9 Å². The lowest BCUT2D eigenvalue weighted by Crippen LogP contribution is -2.49. The van der Waals surface area contributed by atoms with E-state index in [4.69, 9.17) is 9.73 Å². The highest BCUT2D eigenvalue weighted by molar-refractivity contribution is 6.03. The maximum Gasteiger partial charge on any atom is 0.410 e. The zero-order valence-electron chi connectivity index (χ0n) is 20.0. The monoisotopic (exact) mass is 403 g/mol. The number of rotatable bonds is 6. The van der Waals surface area contributed by atoms with E-state index in [1.54, 1.807) is 4.90 Å². The lowest BCUT2D eigenvalue weighted by Gasteiger charge is -2.38. The second-order valence-electron chi connectivity index (χ2n) is 8.82. The van der Waals surface area contributed by atoms with E-state index >= 15 is 0 Å². The van der Waals surface area contributed by atoms with Crippen LogP contribution in [-0.4, -0.2) is 53.4 Å². The average Bonchev–Trinajstić information content (AvgIpc) is 2.64. The quantitative estimate of drug-likeness (QED) is 0.416. The summed E-state index contributed by atoms with van der Waals surface area (Å²) in [7, 11) is 0. The number of carbonyl (C=O) groups is 1. The summed E-state index contributed by atoms with van der Waals surface area (Å²) < 4.78 is 5.52. The van der Waals surface area contributed by atoms with Crippen LogP contribution in [0.25, 0.3) is 0 Å². The van der Waals surface area contributed by atoms with Crippen LogP contribution in [0.3, 0.4) is 0 Å². The van der Waals surface area contributed by atoms with E-state index < -0.39 is 5.60 Å². The van der Waals surface area contributed by atoms with Crippen molar-refractivity contribution in [1.29, 1.82) is 0 Å². The van der Waals surface area contributed by atoms with Crippen LogP contribution in [0.15, 0.2) is 40.2 Å². The first kappa shape index (κ1) is 25.0. The lowest BCUT2D eigenvalue weighted by molar-refractivity contribution is 0.0168. The second-order valence-corrected chi connectivity index (χ2v) is 8.82. The first-order valence-electron chi connectivity index (χ1n) is 10.8. The summed E-state index contributed by atoms with van der Waals surface area (Å²) in [5.74, 6) is 0.410. The molecule has 0 aromatic rings. The summed E-state index contributed by atoms with van der Waals surface area (Å²) in [6.45, 7) is 21.5. The molecule has 1 aliphatic rings. The van der Waals surface area contributed by atoms with Crippen LogP contribution in [0.2, 0.25) is 0 Å². The standard InChI is InChI=1S/C24H41N3O2/c1-10-12-13-25-19(5)22(21(11-2)18(3)4)20(6)26-14-16-27(17-15-26)23(28)29-24(7,8)9/h11-13,18H,10,14-17H2,1-9H3/b13-12+,21-11-,22-20-,25-19+. The van der Waals surface area contributed by atoms with Gasteiger partial charge in [0.15, 0.2) is 0 Å². The maximum absolute atomic E-state index is 12.4. The van der Waals surface area contributed by atoms with Crippen molar-refractivity contribution in [2.24, 2.45) is 10.9 Å². The zero-order chi connectivity index (χ0) is 22.2. The molecule has 1 amide bonds. The number of piperazine rings is 1. The van der Waals surface area contributed by atoms with Gasteiger partial charge in [0.25, 0.3) is 0 Å². The molecule has 0 aromatic carbocycles. The van der Waals surface area contributed by atoms with Crippen LogP contribution in [-0.2, 0) is 4.74 Å². The average molecular weight is 404 g/mol. The summed E-state index contributed by atoms with van der Waals surface area (Å²) in [6, 6.07) is 0. The topological polar surface area (TPSA) is 45.1 Å². The third kappa shape index (κ3) is 7.71. The Kier molecular flexibility index (Phi) is 9.67. The van der Waals surface area contributed by atoms with Crippen molar-refractivity contribution in [1.82, 2.24) is 9.80 Å². The fourth-order valence-corrected chi connectivity index (χ4v) is 3.49. The fourth-order valence-electron chi connectivity index (χ4n) is 3.49. The molecular formula is C24H41N3O2. The van der Waals surface area contributed by atoms with Crippen LogP contribution in [0.5, 0.6) is 0 Å². The van der Waals surface area contributed by atoms with Crippen molar-refractivity contribution in [2.75, 3.05) is 26.2 Å². The van der Waals surface area contributed by atoms with Gasteiger partial charge in [0, 0.05) is 49.4 Å². The minimum absolute atomic E-state index is 0.224. The molecule has 1 heterocycles. The van der Waals surface area contributed by atoms with E-state index in [0.29, 0.717) is 19.0 Å². The van der Waals surface area contributed by atoms with Crippen molar-refractivity contribution in [2.45, 2.75) is 74.3 Å². The third-order valence-corrected chi connectivity index (χ3v) is 4.96. The largest absolute Gasteiger partial charge is 0.444 e. The summed E-state index contributed by atoms with van der Waals surface area (Å²) in [4.78, 5) is 21.2. The number of allylic oxidation sites excluding steroid dienone is 5. The van der Waals surface area contributed by atoms with E-state index in [1.165, 1.54) is 16.8 Å². The predicted molar refractivity (Wildman–Crippen MR) is 123 cm³/mol. The molecule has 5 nitrogen and oxygen atoms in total. The van der Waals surface area contributed by atoms with Gasteiger partial charge in [0.1, 0.15) is 5.60 Å². The highest BCUT2D eigenvalue weighted by Gasteiger charge is 2.27. The summed E-state index contributed by atoms with van der Waals surface area (Å²) in [6.07, 6.45) is 6.92. The van der Waals surface area contributed by atoms with Gasteiger partial charge in [0.2, 0.25) is 0 Å². The van der Waals surface area contributed by atoms with Crippen molar-refractivity contribution in [3.05, 3.63) is 35.2 Å². The molecule has 1 saturated heterocycles. The SMILES string of the molecule is C\C=C(C(/C(C)=N/C=C/CC)=C(/C)N1CCN(C(=O)OC(C)(C)C)CC1)\C(C)C. The smallest absolute Gasteiger partial charge is 0.410 e. The fraction of sp³-hybridized carbons (Fsp3) is 0.667. The van der Waals surface area contributed by atoms with E-state index in [2.05, 4.69) is 58.6 Å². The normalized spacial score (nSPS) is 17.9. The molecule has 1 rings (SSSR count). The minimum atomic E-state index is -0.463. The highest BCUT2D eigenvalue weighted by Crippen LogP contribution is 2.27. The number of amides is 1. The number of carbonyl (C=O) groups excluding carboxylic acids is 1. The van der Waals surface area contributed by atoms with Crippen LogP contribution >= 0.6 is 0 Å².